The van der Waals surface area contributed by atoms with E-state index in [1.807, 2.05) is 30.3 Å². The van der Waals surface area contributed by atoms with Gasteiger partial charge in [0.25, 0.3) is 0 Å². The van der Waals surface area contributed by atoms with Crippen LogP contribution in [0, 0.1) is 0 Å². The maximum atomic E-state index is 12.6. The highest BCUT2D eigenvalue weighted by Crippen LogP contribution is 2.36. The van der Waals surface area contributed by atoms with Crippen LogP contribution < -0.4 is 0 Å². The molecule has 3 rings (SSSR count). The molecule has 0 N–H and O–H groups in total. The van der Waals surface area contributed by atoms with Gasteiger partial charge in [-0.15, -0.1) is 0 Å². The summed E-state index contributed by atoms with van der Waals surface area (Å²) in [4.78, 5) is 8.02. The average molecular weight is 356 g/mol. The summed E-state index contributed by atoms with van der Waals surface area (Å²) in [5, 5.41) is 0.765. The lowest BCUT2D eigenvalue weighted by atomic mass is 10.3. The van der Waals surface area contributed by atoms with Crippen molar-refractivity contribution in [1.29, 1.82) is 0 Å². The standard InChI is InChI=1S/C15H9ClF3N3S/c16-12-8-10(15(17,18)19)9-21-13(12)23-14-20-6-7-22(14)11-4-2-1-3-5-11/h1-9H. The zero-order chi connectivity index (χ0) is 16.4. The number of para-hydroxylation sites is 1. The Hall–Kier alpha value is -1.99. The van der Waals surface area contributed by atoms with Crippen LogP contribution in [0.3, 0.4) is 0 Å². The second kappa shape index (κ2) is 6.25. The normalized spacial score (nSPS) is 11.7. The van der Waals surface area contributed by atoms with Gasteiger partial charge in [0, 0.05) is 24.3 Å². The summed E-state index contributed by atoms with van der Waals surface area (Å²) >= 11 is 7.03. The minimum Gasteiger partial charge on any atom is -0.295 e. The number of benzene rings is 1. The van der Waals surface area contributed by atoms with Crippen molar-refractivity contribution in [1.82, 2.24) is 14.5 Å². The predicted octanol–water partition coefficient (Wildman–Crippen LogP) is 5.09. The van der Waals surface area contributed by atoms with Crippen molar-refractivity contribution >= 4 is 23.4 Å². The molecule has 0 saturated heterocycles. The third kappa shape index (κ3) is 3.51. The van der Waals surface area contributed by atoms with Crippen LogP contribution in [-0.2, 0) is 6.18 Å². The Balaban J connectivity index is 1.91. The van der Waals surface area contributed by atoms with Gasteiger partial charge < -0.3 is 0 Å². The summed E-state index contributed by atoms with van der Waals surface area (Å²) < 4.78 is 39.7. The van der Waals surface area contributed by atoms with Crippen molar-refractivity contribution in [2.45, 2.75) is 16.4 Å². The van der Waals surface area contributed by atoms with Crippen molar-refractivity contribution in [3.63, 3.8) is 0 Å². The molecule has 2 heterocycles. The van der Waals surface area contributed by atoms with E-state index in [2.05, 4.69) is 9.97 Å². The fraction of sp³-hybridized carbons (Fsp3) is 0.0667. The molecule has 118 valence electrons. The maximum Gasteiger partial charge on any atom is 0.417 e. The summed E-state index contributed by atoms with van der Waals surface area (Å²) in [6.45, 7) is 0. The smallest absolute Gasteiger partial charge is 0.295 e. The van der Waals surface area contributed by atoms with Crippen LogP contribution in [0.2, 0.25) is 5.02 Å². The van der Waals surface area contributed by atoms with E-state index in [-0.39, 0.29) is 10.0 Å². The Bertz CT molecular complexity index is 818. The molecule has 0 aliphatic rings. The minimum absolute atomic E-state index is 0.0626. The van der Waals surface area contributed by atoms with Crippen LogP contribution in [0.1, 0.15) is 5.56 Å². The van der Waals surface area contributed by atoms with Gasteiger partial charge in [-0.1, -0.05) is 29.8 Å². The molecule has 0 aliphatic carbocycles. The topological polar surface area (TPSA) is 30.7 Å². The lowest BCUT2D eigenvalue weighted by Gasteiger charge is -2.10. The molecule has 0 radical (unpaired) electrons. The number of imidazole rings is 1. The third-order valence-corrected chi connectivity index (χ3v) is 4.37. The van der Waals surface area contributed by atoms with Gasteiger partial charge in [0.1, 0.15) is 5.03 Å². The van der Waals surface area contributed by atoms with Crippen LogP contribution in [0.15, 0.2) is 65.2 Å². The third-order valence-electron chi connectivity index (χ3n) is 2.96. The number of alkyl halides is 3. The van der Waals surface area contributed by atoms with E-state index in [1.54, 1.807) is 17.0 Å². The lowest BCUT2D eigenvalue weighted by molar-refractivity contribution is -0.137. The summed E-state index contributed by atoms with van der Waals surface area (Å²) in [5.74, 6) is 0. The Kier molecular flexibility index (Phi) is 4.32. The second-order valence-corrected chi connectivity index (χ2v) is 5.89. The fourth-order valence-electron chi connectivity index (χ4n) is 1.89. The van der Waals surface area contributed by atoms with E-state index in [4.69, 9.17) is 11.6 Å². The molecule has 0 amide bonds. The molecule has 23 heavy (non-hydrogen) atoms. The summed E-state index contributed by atoms with van der Waals surface area (Å²) in [6.07, 6.45) is -0.338. The van der Waals surface area contributed by atoms with Crippen molar-refractivity contribution in [2.24, 2.45) is 0 Å². The van der Waals surface area contributed by atoms with E-state index in [9.17, 15) is 13.2 Å². The van der Waals surface area contributed by atoms with E-state index in [1.165, 1.54) is 0 Å². The Morgan fingerprint density at radius 3 is 2.48 bits per heavy atom. The number of pyridine rings is 1. The Labute approximate surface area is 139 Å². The zero-order valence-electron chi connectivity index (χ0n) is 11.5. The van der Waals surface area contributed by atoms with Gasteiger partial charge in [-0.2, -0.15) is 13.2 Å². The van der Waals surface area contributed by atoms with Gasteiger partial charge in [-0.3, -0.25) is 4.57 Å². The molecule has 1 aromatic carbocycles. The van der Waals surface area contributed by atoms with Gasteiger partial charge in [0.15, 0.2) is 5.16 Å². The molecular weight excluding hydrogens is 347 g/mol. The maximum absolute atomic E-state index is 12.6. The van der Waals surface area contributed by atoms with Crippen molar-refractivity contribution < 1.29 is 13.2 Å². The average Bonchev–Trinajstić information content (AvgIpc) is 2.97. The van der Waals surface area contributed by atoms with Crippen molar-refractivity contribution in [3.05, 3.63) is 65.6 Å². The highest BCUT2D eigenvalue weighted by molar-refractivity contribution is 7.99. The van der Waals surface area contributed by atoms with Crippen molar-refractivity contribution in [2.75, 3.05) is 0 Å². The largest absolute Gasteiger partial charge is 0.417 e. The first-order chi connectivity index (χ1) is 10.9. The van der Waals surface area contributed by atoms with Gasteiger partial charge in [-0.05, 0) is 30.0 Å². The van der Waals surface area contributed by atoms with Crippen molar-refractivity contribution in [3.8, 4) is 5.69 Å². The first kappa shape index (κ1) is 15.9. The number of hydrogen-bond donors (Lipinski definition) is 0. The molecule has 0 aliphatic heterocycles. The molecule has 3 aromatic rings. The van der Waals surface area contributed by atoms with Crippen LogP contribution >= 0.6 is 23.4 Å². The van der Waals surface area contributed by atoms with Gasteiger partial charge in [0.2, 0.25) is 0 Å². The van der Waals surface area contributed by atoms with Crippen LogP contribution in [-0.4, -0.2) is 14.5 Å². The first-order valence-electron chi connectivity index (χ1n) is 6.44. The fourth-order valence-corrected chi connectivity index (χ4v) is 2.99. The Morgan fingerprint density at radius 1 is 1.09 bits per heavy atom. The molecular formula is C15H9ClF3N3S. The molecule has 0 atom stereocenters. The number of nitrogens with zero attached hydrogens (tertiary/aromatic N) is 3. The first-order valence-corrected chi connectivity index (χ1v) is 7.64. The quantitative estimate of drug-likeness (QED) is 0.655. The van der Waals surface area contributed by atoms with E-state index < -0.39 is 11.7 Å². The Morgan fingerprint density at radius 2 is 1.83 bits per heavy atom. The molecule has 0 bridgehead atoms. The molecule has 0 unspecified atom stereocenters. The minimum atomic E-state index is -4.47. The van der Waals surface area contributed by atoms with Gasteiger partial charge >= 0.3 is 6.18 Å². The molecule has 8 heteroatoms. The monoisotopic (exact) mass is 355 g/mol. The molecule has 0 spiro atoms. The highest BCUT2D eigenvalue weighted by atomic mass is 35.5. The summed E-state index contributed by atoms with van der Waals surface area (Å²) in [6, 6.07) is 10.3. The van der Waals surface area contributed by atoms with Crippen LogP contribution in [0.25, 0.3) is 5.69 Å². The van der Waals surface area contributed by atoms with E-state index in [0.717, 1.165) is 29.7 Å². The summed E-state index contributed by atoms with van der Waals surface area (Å²) in [7, 11) is 0. The van der Waals surface area contributed by atoms with Crippen LogP contribution in [0.4, 0.5) is 13.2 Å². The highest BCUT2D eigenvalue weighted by Gasteiger charge is 2.31. The van der Waals surface area contributed by atoms with Gasteiger partial charge in [0.05, 0.1) is 10.6 Å². The number of halogens is 4. The van der Waals surface area contributed by atoms with Crippen LogP contribution in [0.5, 0.6) is 0 Å². The molecule has 3 nitrogen and oxygen atoms in total. The number of rotatable bonds is 3. The molecule has 0 saturated carbocycles. The van der Waals surface area contributed by atoms with E-state index in [0.29, 0.717) is 5.16 Å². The zero-order valence-corrected chi connectivity index (χ0v) is 13.0. The van der Waals surface area contributed by atoms with E-state index >= 15 is 0 Å². The molecule has 2 aromatic heterocycles. The predicted molar refractivity (Wildman–Crippen MR) is 81.9 cm³/mol. The summed E-state index contributed by atoms with van der Waals surface area (Å²) in [5.41, 5.74) is 0.00813. The molecule has 0 fully saturated rings. The van der Waals surface area contributed by atoms with Gasteiger partial charge in [-0.25, -0.2) is 9.97 Å². The SMILES string of the molecule is FC(F)(F)c1cnc(Sc2nccn2-c2ccccc2)c(Cl)c1. The number of aromatic nitrogens is 3. The number of hydrogen-bond acceptors (Lipinski definition) is 3. The second-order valence-electron chi connectivity index (χ2n) is 4.53. The lowest BCUT2D eigenvalue weighted by Crippen LogP contribution is -2.05.